The van der Waals surface area contributed by atoms with Gasteiger partial charge in [0.15, 0.2) is 0 Å². The van der Waals surface area contributed by atoms with Crippen molar-refractivity contribution in [2.75, 3.05) is 13.1 Å². The van der Waals surface area contributed by atoms with Crippen molar-refractivity contribution in [3.8, 4) is 0 Å². The highest BCUT2D eigenvalue weighted by Crippen LogP contribution is 2.21. The summed E-state index contributed by atoms with van der Waals surface area (Å²) in [7, 11) is 0. The van der Waals surface area contributed by atoms with Crippen molar-refractivity contribution >= 4 is 5.69 Å². The van der Waals surface area contributed by atoms with Gasteiger partial charge in [0.1, 0.15) is 0 Å². The monoisotopic (exact) mass is 250 g/mol. The van der Waals surface area contributed by atoms with Crippen molar-refractivity contribution in [2.45, 2.75) is 32.6 Å². The molecule has 0 spiro atoms. The summed E-state index contributed by atoms with van der Waals surface area (Å²) in [6.07, 6.45) is 0.355. The zero-order valence-corrected chi connectivity index (χ0v) is 10.7. The highest BCUT2D eigenvalue weighted by Gasteiger charge is 2.24. The van der Waals surface area contributed by atoms with Gasteiger partial charge in [0.2, 0.25) is 0 Å². The number of hydrogen-bond acceptors (Lipinski definition) is 4. The Kier molecular flexibility index (Phi) is 3.93. The van der Waals surface area contributed by atoms with E-state index in [0.717, 1.165) is 18.7 Å². The number of nitrogens with zero attached hydrogens (tertiary/aromatic N) is 2. The Labute approximate surface area is 107 Å². The average Bonchev–Trinajstić information content (AvgIpc) is 2.27. The second-order valence-corrected chi connectivity index (χ2v) is 4.84. The molecule has 1 fully saturated rings. The van der Waals surface area contributed by atoms with Crippen molar-refractivity contribution in [1.82, 2.24) is 4.90 Å². The molecule has 0 bridgehead atoms. The minimum Gasteiger partial charge on any atom is -0.373 e. The minimum atomic E-state index is -0.317. The lowest BCUT2D eigenvalue weighted by Crippen LogP contribution is -2.44. The van der Waals surface area contributed by atoms with Gasteiger partial charge in [-0.1, -0.05) is 18.2 Å². The zero-order valence-electron chi connectivity index (χ0n) is 10.7. The molecular formula is C13H18N2O3. The van der Waals surface area contributed by atoms with Crippen molar-refractivity contribution in [1.29, 1.82) is 0 Å². The van der Waals surface area contributed by atoms with E-state index in [0.29, 0.717) is 6.54 Å². The van der Waals surface area contributed by atoms with Crippen LogP contribution in [-0.4, -0.2) is 35.1 Å². The van der Waals surface area contributed by atoms with Crippen LogP contribution in [0.15, 0.2) is 24.3 Å². The second kappa shape index (κ2) is 5.46. The first-order valence-corrected chi connectivity index (χ1v) is 6.16. The Hall–Kier alpha value is -1.46. The van der Waals surface area contributed by atoms with Gasteiger partial charge in [-0.3, -0.25) is 15.0 Å². The van der Waals surface area contributed by atoms with E-state index in [9.17, 15) is 10.1 Å². The molecule has 98 valence electrons. The van der Waals surface area contributed by atoms with E-state index in [1.807, 2.05) is 26.0 Å². The van der Waals surface area contributed by atoms with Gasteiger partial charge in [-0.25, -0.2) is 0 Å². The molecule has 5 heteroatoms. The van der Waals surface area contributed by atoms with Gasteiger partial charge < -0.3 is 4.74 Å². The Morgan fingerprint density at radius 2 is 1.94 bits per heavy atom. The van der Waals surface area contributed by atoms with Gasteiger partial charge in [-0.15, -0.1) is 0 Å². The number of nitro benzene ring substituents is 1. The van der Waals surface area contributed by atoms with Gasteiger partial charge in [0, 0.05) is 31.3 Å². The fraction of sp³-hybridized carbons (Fsp3) is 0.538. The molecule has 1 heterocycles. The van der Waals surface area contributed by atoms with Crippen LogP contribution in [0.2, 0.25) is 0 Å². The zero-order chi connectivity index (χ0) is 13.1. The maximum atomic E-state index is 11.0. The average molecular weight is 250 g/mol. The molecule has 0 N–H and O–H groups in total. The summed E-state index contributed by atoms with van der Waals surface area (Å²) in [6, 6.07) is 6.92. The smallest absolute Gasteiger partial charge is 0.273 e. The first-order valence-electron chi connectivity index (χ1n) is 6.16. The van der Waals surface area contributed by atoms with Gasteiger partial charge in [0.25, 0.3) is 5.69 Å². The maximum absolute atomic E-state index is 11.0. The fourth-order valence-electron chi connectivity index (χ4n) is 2.48. The highest BCUT2D eigenvalue weighted by molar-refractivity contribution is 5.39. The number of nitro groups is 1. The van der Waals surface area contributed by atoms with Crippen LogP contribution in [0.5, 0.6) is 0 Å². The van der Waals surface area contributed by atoms with Crippen LogP contribution in [0.1, 0.15) is 19.4 Å². The predicted octanol–water partition coefficient (Wildman–Crippen LogP) is 2.20. The van der Waals surface area contributed by atoms with Crippen molar-refractivity contribution in [3.05, 3.63) is 39.9 Å². The molecule has 0 radical (unpaired) electrons. The molecule has 0 aliphatic carbocycles. The molecule has 1 saturated heterocycles. The summed E-state index contributed by atoms with van der Waals surface area (Å²) in [5.74, 6) is 0. The third-order valence-corrected chi connectivity index (χ3v) is 3.08. The number of benzene rings is 1. The molecule has 1 aliphatic heterocycles. The Bertz CT molecular complexity index is 426. The SMILES string of the molecule is C[C@@H]1CN(Cc2ccccc2[N+](=O)[O-])C[C@@H](C)O1. The lowest BCUT2D eigenvalue weighted by atomic mass is 10.1. The second-order valence-electron chi connectivity index (χ2n) is 4.84. The third kappa shape index (κ3) is 3.05. The molecule has 0 unspecified atom stereocenters. The summed E-state index contributed by atoms with van der Waals surface area (Å²) >= 11 is 0. The van der Waals surface area contributed by atoms with Crippen LogP contribution >= 0.6 is 0 Å². The topological polar surface area (TPSA) is 55.6 Å². The Morgan fingerprint density at radius 1 is 1.33 bits per heavy atom. The molecule has 18 heavy (non-hydrogen) atoms. The lowest BCUT2D eigenvalue weighted by Gasteiger charge is -2.35. The van der Waals surface area contributed by atoms with Crippen LogP contribution in [-0.2, 0) is 11.3 Å². The van der Waals surface area contributed by atoms with E-state index in [1.165, 1.54) is 0 Å². The number of hydrogen-bond donors (Lipinski definition) is 0. The molecule has 2 atom stereocenters. The molecule has 0 saturated carbocycles. The third-order valence-electron chi connectivity index (χ3n) is 3.08. The van der Waals surface area contributed by atoms with E-state index in [2.05, 4.69) is 4.90 Å². The first-order chi connectivity index (χ1) is 8.56. The van der Waals surface area contributed by atoms with Gasteiger partial charge in [-0.2, -0.15) is 0 Å². The molecule has 1 aromatic rings. The van der Waals surface area contributed by atoms with Crippen LogP contribution in [0, 0.1) is 10.1 Å². The van der Waals surface area contributed by atoms with Crippen molar-refractivity contribution < 1.29 is 9.66 Å². The predicted molar refractivity (Wildman–Crippen MR) is 68.4 cm³/mol. The molecule has 1 aromatic carbocycles. The number of morpholine rings is 1. The van der Waals surface area contributed by atoms with Crippen molar-refractivity contribution in [2.24, 2.45) is 0 Å². The standard InChI is InChI=1S/C13H18N2O3/c1-10-7-14(8-11(2)18-10)9-12-5-3-4-6-13(12)15(16)17/h3-6,10-11H,7-9H2,1-2H3/t10-,11-/m1/s1. The number of para-hydroxylation sites is 1. The van der Waals surface area contributed by atoms with Crippen molar-refractivity contribution in [3.63, 3.8) is 0 Å². The highest BCUT2D eigenvalue weighted by atomic mass is 16.6. The molecular weight excluding hydrogens is 232 g/mol. The number of rotatable bonds is 3. The van der Waals surface area contributed by atoms with E-state index >= 15 is 0 Å². The summed E-state index contributed by atoms with van der Waals surface area (Å²) in [5, 5.41) is 11.0. The molecule has 1 aliphatic rings. The number of ether oxygens (including phenoxy) is 1. The summed E-state index contributed by atoms with van der Waals surface area (Å²) in [6.45, 7) is 6.30. The molecule has 5 nitrogen and oxygen atoms in total. The molecule has 0 amide bonds. The summed E-state index contributed by atoms with van der Waals surface area (Å²) < 4.78 is 5.66. The van der Waals surface area contributed by atoms with Crippen LogP contribution < -0.4 is 0 Å². The van der Waals surface area contributed by atoms with Crippen LogP contribution in [0.25, 0.3) is 0 Å². The lowest BCUT2D eigenvalue weighted by molar-refractivity contribution is -0.385. The van der Waals surface area contributed by atoms with E-state index < -0.39 is 0 Å². The maximum Gasteiger partial charge on any atom is 0.273 e. The fourth-order valence-corrected chi connectivity index (χ4v) is 2.48. The summed E-state index contributed by atoms with van der Waals surface area (Å²) in [4.78, 5) is 12.8. The largest absolute Gasteiger partial charge is 0.373 e. The quantitative estimate of drug-likeness (QED) is 0.609. The van der Waals surface area contributed by atoms with Gasteiger partial charge in [0.05, 0.1) is 17.1 Å². The first kappa shape index (κ1) is 13.0. The van der Waals surface area contributed by atoms with E-state index in [4.69, 9.17) is 4.74 Å². The van der Waals surface area contributed by atoms with E-state index in [-0.39, 0.29) is 22.8 Å². The van der Waals surface area contributed by atoms with E-state index in [1.54, 1.807) is 12.1 Å². The molecule has 2 rings (SSSR count). The Balaban J connectivity index is 2.11. The summed E-state index contributed by atoms with van der Waals surface area (Å²) in [5.41, 5.74) is 0.966. The normalized spacial score (nSPS) is 25.0. The van der Waals surface area contributed by atoms with Crippen LogP contribution in [0.3, 0.4) is 0 Å². The van der Waals surface area contributed by atoms with Gasteiger partial charge in [-0.05, 0) is 13.8 Å². The van der Waals surface area contributed by atoms with Gasteiger partial charge >= 0.3 is 0 Å². The minimum absolute atomic E-state index is 0.177. The molecule has 0 aromatic heterocycles. The Morgan fingerprint density at radius 3 is 2.56 bits per heavy atom. The van der Waals surface area contributed by atoms with Crippen LogP contribution in [0.4, 0.5) is 5.69 Å².